The maximum atomic E-state index is 12.4. The minimum absolute atomic E-state index is 0.0294. The number of carbonyl (C=O) groups is 3. The lowest BCUT2D eigenvalue weighted by Crippen LogP contribution is -2.41. The average Bonchev–Trinajstić information content (AvgIpc) is 2.44. The van der Waals surface area contributed by atoms with Crippen LogP contribution in [0.3, 0.4) is 0 Å². The summed E-state index contributed by atoms with van der Waals surface area (Å²) in [5, 5.41) is 9.03. The van der Waals surface area contributed by atoms with Crippen LogP contribution < -0.4 is 0 Å². The predicted octanol–water partition coefficient (Wildman–Crippen LogP) is 2.72. The Labute approximate surface area is 131 Å². The molecule has 5 heteroatoms. The quantitative estimate of drug-likeness (QED) is 0.552. The molecule has 0 radical (unpaired) electrons. The zero-order valence-corrected chi connectivity index (χ0v) is 13.3. The molecule has 0 aliphatic heterocycles. The summed E-state index contributed by atoms with van der Waals surface area (Å²) in [6.45, 7) is 15.4. The fourth-order valence-corrected chi connectivity index (χ4v) is 1.90. The van der Waals surface area contributed by atoms with E-state index in [0.29, 0.717) is 6.42 Å². The summed E-state index contributed by atoms with van der Waals surface area (Å²) in [6, 6.07) is -0.332. The smallest absolute Gasteiger partial charge is 0.331 e. The van der Waals surface area contributed by atoms with Gasteiger partial charge in [0.15, 0.2) is 0 Å². The number of hydrogen-bond acceptors (Lipinski definition) is 3. The van der Waals surface area contributed by atoms with E-state index < -0.39 is 23.7 Å². The van der Waals surface area contributed by atoms with Crippen molar-refractivity contribution in [2.75, 3.05) is 0 Å². The summed E-state index contributed by atoms with van der Waals surface area (Å²) < 4.78 is 0. The second kappa shape index (κ2) is 8.77. The fraction of sp³-hybridized carbons (Fsp3) is 0.353. The molecule has 0 rings (SSSR count). The highest BCUT2D eigenvalue weighted by Crippen LogP contribution is 2.19. The van der Waals surface area contributed by atoms with Crippen molar-refractivity contribution in [3.63, 3.8) is 0 Å². The van der Waals surface area contributed by atoms with Crippen molar-refractivity contribution in [2.24, 2.45) is 5.92 Å². The van der Waals surface area contributed by atoms with E-state index in [1.54, 1.807) is 26.8 Å². The number of amides is 2. The molecule has 1 N–H and O–H groups in total. The molecule has 0 heterocycles. The van der Waals surface area contributed by atoms with Gasteiger partial charge in [-0.2, -0.15) is 0 Å². The number of carbonyl (C=O) groups excluding carboxylic acids is 2. The molecule has 22 heavy (non-hydrogen) atoms. The van der Waals surface area contributed by atoms with Crippen molar-refractivity contribution in [3.8, 4) is 0 Å². The summed E-state index contributed by atoms with van der Waals surface area (Å²) in [7, 11) is 0. The number of carboxylic acids is 1. The highest BCUT2D eigenvalue weighted by atomic mass is 16.4. The van der Waals surface area contributed by atoms with Crippen LogP contribution in [0.15, 0.2) is 49.1 Å². The molecule has 5 nitrogen and oxygen atoms in total. The minimum Gasteiger partial charge on any atom is -0.478 e. The third-order valence-electron chi connectivity index (χ3n) is 3.08. The van der Waals surface area contributed by atoms with Gasteiger partial charge in [0, 0.05) is 23.1 Å². The van der Waals surface area contributed by atoms with E-state index in [1.807, 2.05) is 0 Å². The first kappa shape index (κ1) is 19.6. The topological polar surface area (TPSA) is 74.7 Å². The van der Waals surface area contributed by atoms with Gasteiger partial charge in [0.2, 0.25) is 0 Å². The molecule has 0 fully saturated rings. The van der Waals surface area contributed by atoms with Crippen LogP contribution >= 0.6 is 0 Å². The molecule has 1 unspecified atom stereocenters. The van der Waals surface area contributed by atoms with Gasteiger partial charge in [-0.15, -0.1) is 6.58 Å². The number of aliphatic carboxylic acids is 1. The van der Waals surface area contributed by atoms with E-state index >= 15 is 0 Å². The molecular weight excluding hydrogens is 282 g/mol. The first-order chi connectivity index (χ1) is 10.2. The monoisotopic (exact) mass is 305 g/mol. The SMILES string of the molecule is C=CCC(C=C(C)C(=O)N(C(=O)C=C)C(C)C)C(=C)C(=O)O. The average molecular weight is 305 g/mol. The summed E-state index contributed by atoms with van der Waals surface area (Å²) in [5.74, 6) is -2.66. The van der Waals surface area contributed by atoms with Crippen LogP contribution in [0.25, 0.3) is 0 Å². The van der Waals surface area contributed by atoms with Crippen LogP contribution in [-0.2, 0) is 14.4 Å². The Morgan fingerprint density at radius 1 is 1.23 bits per heavy atom. The third-order valence-corrected chi connectivity index (χ3v) is 3.08. The maximum absolute atomic E-state index is 12.4. The Morgan fingerprint density at radius 2 is 1.77 bits per heavy atom. The van der Waals surface area contributed by atoms with Gasteiger partial charge in [-0.3, -0.25) is 14.5 Å². The van der Waals surface area contributed by atoms with Gasteiger partial charge in [0.05, 0.1) is 0 Å². The van der Waals surface area contributed by atoms with Gasteiger partial charge in [-0.1, -0.05) is 25.3 Å². The Bertz CT molecular complexity index is 529. The first-order valence-electron chi connectivity index (χ1n) is 6.88. The molecule has 0 aliphatic carbocycles. The summed E-state index contributed by atoms with van der Waals surface area (Å²) in [5.41, 5.74) is 0.247. The molecular formula is C17H23NO4. The lowest BCUT2D eigenvalue weighted by molar-refractivity contribution is -0.141. The molecule has 0 aromatic rings. The van der Waals surface area contributed by atoms with Crippen molar-refractivity contribution in [3.05, 3.63) is 49.1 Å². The second-order valence-electron chi connectivity index (χ2n) is 5.12. The van der Waals surface area contributed by atoms with Crippen LogP contribution in [0.2, 0.25) is 0 Å². The first-order valence-corrected chi connectivity index (χ1v) is 6.88. The third kappa shape index (κ3) is 5.16. The molecule has 0 aromatic carbocycles. The second-order valence-corrected chi connectivity index (χ2v) is 5.12. The highest BCUT2D eigenvalue weighted by Gasteiger charge is 2.25. The van der Waals surface area contributed by atoms with Crippen LogP contribution in [0.5, 0.6) is 0 Å². The molecule has 0 spiro atoms. The van der Waals surface area contributed by atoms with E-state index in [2.05, 4.69) is 19.7 Å². The van der Waals surface area contributed by atoms with Crippen LogP contribution in [0, 0.1) is 5.92 Å². The van der Waals surface area contributed by atoms with Crippen molar-refractivity contribution < 1.29 is 19.5 Å². The van der Waals surface area contributed by atoms with Gasteiger partial charge in [0.1, 0.15) is 0 Å². The molecule has 0 saturated carbocycles. The largest absolute Gasteiger partial charge is 0.478 e. The van der Waals surface area contributed by atoms with Gasteiger partial charge < -0.3 is 5.11 Å². The highest BCUT2D eigenvalue weighted by molar-refractivity contribution is 6.07. The predicted molar refractivity (Wildman–Crippen MR) is 86.0 cm³/mol. The Morgan fingerprint density at radius 3 is 2.14 bits per heavy atom. The van der Waals surface area contributed by atoms with Crippen LogP contribution in [0.1, 0.15) is 27.2 Å². The normalized spacial score (nSPS) is 12.5. The zero-order valence-electron chi connectivity index (χ0n) is 13.3. The minimum atomic E-state index is -1.13. The van der Waals surface area contributed by atoms with E-state index in [9.17, 15) is 14.4 Å². The molecule has 0 bridgehead atoms. The molecule has 2 amide bonds. The number of hydrogen-bond donors (Lipinski definition) is 1. The van der Waals surface area contributed by atoms with Crippen molar-refractivity contribution in [1.29, 1.82) is 0 Å². The van der Waals surface area contributed by atoms with Gasteiger partial charge >= 0.3 is 5.97 Å². The van der Waals surface area contributed by atoms with Crippen molar-refractivity contribution >= 4 is 17.8 Å². The molecule has 0 aromatic heterocycles. The number of nitrogens with zero attached hydrogens (tertiary/aromatic N) is 1. The van der Waals surface area contributed by atoms with Gasteiger partial charge in [-0.25, -0.2) is 4.79 Å². The van der Waals surface area contributed by atoms with Gasteiger partial charge in [-0.05, 0) is 33.3 Å². The van der Waals surface area contributed by atoms with E-state index in [-0.39, 0.29) is 17.2 Å². The van der Waals surface area contributed by atoms with Crippen molar-refractivity contribution in [1.82, 2.24) is 4.90 Å². The number of imide groups is 1. The standard InChI is InChI=1S/C17H23NO4/c1-7-9-14(13(6)17(21)22)10-12(5)16(20)18(11(3)4)15(19)8-2/h7-8,10-11,14H,1-2,6,9H2,3-5H3,(H,21,22). The molecule has 1 atom stereocenters. The Kier molecular flexibility index (Phi) is 7.80. The molecule has 0 aliphatic rings. The fourth-order valence-electron chi connectivity index (χ4n) is 1.90. The summed E-state index contributed by atoms with van der Waals surface area (Å²) in [6.07, 6.45) is 4.48. The Balaban J connectivity index is 5.52. The van der Waals surface area contributed by atoms with Crippen LogP contribution in [0.4, 0.5) is 0 Å². The van der Waals surface area contributed by atoms with E-state index in [1.165, 1.54) is 6.08 Å². The van der Waals surface area contributed by atoms with Gasteiger partial charge in [0.25, 0.3) is 11.8 Å². The van der Waals surface area contributed by atoms with E-state index in [0.717, 1.165) is 11.0 Å². The number of carboxylic acid groups (broad SMARTS) is 1. The molecule has 120 valence electrons. The summed E-state index contributed by atoms with van der Waals surface area (Å²) >= 11 is 0. The Hall–Kier alpha value is -2.43. The number of rotatable bonds is 8. The van der Waals surface area contributed by atoms with Crippen LogP contribution in [-0.4, -0.2) is 33.8 Å². The number of allylic oxidation sites excluding steroid dienone is 2. The maximum Gasteiger partial charge on any atom is 0.331 e. The molecule has 0 saturated heterocycles. The van der Waals surface area contributed by atoms with E-state index in [4.69, 9.17) is 5.11 Å². The lowest BCUT2D eigenvalue weighted by Gasteiger charge is -2.24. The lowest BCUT2D eigenvalue weighted by atomic mass is 9.94. The summed E-state index contributed by atoms with van der Waals surface area (Å²) in [4.78, 5) is 36.3. The zero-order chi connectivity index (χ0) is 17.4. The van der Waals surface area contributed by atoms with Crippen molar-refractivity contribution in [2.45, 2.75) is 33.2 Å².